The van der Waals surface area contributed by atoms with Crippen LogP contribution in [0.25, 0.3) is 0 Å². The van der Waals surface area contributed by atoms with Gasteiger partial charge in [0.2, 0.25) is 0 Å². The van der Waals surface area contributed by atoms with E-state index in [1.807, 2.05) is 18.2 Å². The highest BCUT2D eigenvalue weighted by Gasteiger charge is 2.73. The average Bonchev–Trinajstić information content (AvgIpc) is 3.60. The lowest BCUT2D eigenvalue weighted by Crippen LogP contribution is -2.78. The molecule has 7 rings (SSSR count). The van der Waals surface area contributed by atoms with Gasteiger partial charge in [0.05, 0.1) is 21.1 Å². The van der Waals surface area contributed by atoms with Gasteiger partial charge in [-0.2, -0.15) is 0 Å². The van der Waals surface area contributed by atoms with Crippen LogP contribution in [-0.2, 0) is 18.3 Å². The van der Waals surface area contributed by atoms with Crippen LogP contribution in [0.15, 0.2) is 30.3 Å². The Labute approximate surface area is 222 Å². The SMILES string of the molecule is CN(CCc1ccc(Cl)c(Cl)c1)[C@@H]1CC[C@@]2(O)[C@@H]3Cc4ccc(O)c5c4[C@@]2(CCN3CC2CC2)[C@H]1O5. The molecule has 2 heterocycles. The monoisotopic (exact) mass is 528 g/mol. The molecule has 192 valence electrons. The fourth-order valence-corrected chi connectivity index (χ4v) is 8.39. The largest absolute Gasteiger partial charge is 0.504 e. The Morgan fingerprint density at radius 3 is 2.72 bits per heavy atom. The van der Waals surface area contributed by atoms with Crippen LogP contribution >= 0.6 is 23.2 Å². The minimum Gasteiger partial charge on any atom is -0.504 e. The molecule has 2 bridgehead atoms. The van der Waals surface area contributed by atoms with Gasteiger partial charge in [-0.15, -0.1) is 0 Å². The number of likely N-dealkylation sites (N-methyl/N-ethyl adjacent to an activating group) is 1. The Balaban J connectivity index is 1.22. The van der Waals surface area contributed by atoms with E-state index in [0.717, 1.165) is 68.8 Å². The highest BCUT2D eigenvalue weighted by molar-refractivity contribution is 6.42. The summed E-state index contributed by atoms with van der Waals surface area (Å²) in [6, 6.07) is 9.97. The summed E-state index contributed by atoms with van der Waals surface area (Å²) in [6.07, 6.45) is 6.66. The zero-order valence-electron chi connectivity index (χ0n) is 20.7. The second kappa shape index (κ2) is 8.25. The van der Waals surface area contributed by atoms with Crippen molar-refractivity contribution in [3.05, 3.63) is 57.1 Å². The quantitative estimate of drug-likeness (QED) is 0.563. The van der Waals surface area contributed by atoms with E-state index in [1.54, 1.807) is 6.07 Å². The van der Waals surface area contributed by atoms with Gasteiger partial charge in [-0.1, -0.05) is 35.3 Å². The maximum absolute atomic E-state index is 12.6. The van der Waals surface area contributed by atoms with Crippen LogP contribution in [0, 0.1) is 5.92 Å². The van der Waals surface area contributed by atoms with Crippen LogP contribution in [0.3, 0.4) is 0 Å². The van der Waals surface area contributed by atoms with Gasteiger partial charge in [-0.3, -0.25) is 9.80 Å². The third-order valence-electron chi connectivity index (χ3n) is 10.0. The molecule has 0 amide bonds. The summed E-state index contributed by atoms with van der Waals surface area (Å²) in [7, 11) is 2.17. The predicted molar refractivity (Wildman–Crippen MR) is 141 cm³/mol. The third kappa shape index (κ3) is 3.26. The van der Waals surface area contributed by atoms with Gasteiger partial charge in [0.15, 0.2) is 11.5 Å². The number of nitrogens with zero attached hydrogens (tertiary/aromatic N) is 2. The number of aromatic hydroxyl groups is 1. The first-order valence-corrected chi connectivity index (χ1v) is 14.2. The summed E-state index contributed by atoms with van der Waals surface area (Å²) in [6.45, 7) is 2.93. The molecule has 1 spiro atoms. The van der Waals surface area contributed by atoms with Crippen molar-refractivity contribution in [1.82, 2.24) is 9.80 Å². The molecular formula is C29H34Cl2N2O3. The summed E-state index contributed by atoms with van der Waals surface area (Å²) in [4.78, 5) is 4.98. The lowest BCUT2D eigenvalue weighted by molar-refractivity contribution is -0.199. The maximum Gasteiger partial charge on any atom is 0.165 e. The van der Waals surface area contributed by atoms with Crippen molar-refractivity contribution >= 4 is 23.2 Å². The number of ether oxygens (including phenoxy) is 1. The van der Waals surface area contributed by atoms with Crippen LogP contribution in [0.5, 0.6) is 11.5 Å². The average molecular weight is 530 g/mol. The first-order valence-electron chi connectivity index (χ1n) is 13.4. The van der Waals surface area contributed by atoms with Gasteiger partial charge >= 0.3 is 0 Å². The van der Waals surface area contributed by atoms with Crippen molar-refractivity contribution in [3.8, 4) is 11.5 Å². The van der Waals surface area contributed by atoms with Crippen LogP contribution in [-0.4, -0.2) is 70.5 Å². The van der Waals surface area contributed by atoms with Crippen LogP contribution in [0.2, 0.25) is 10.0 Å². The molecule has 5 nitrogen and oxygen atoms in total. The van der Waals surface area contributed by atoms with Crippen molar-refractivity contribution in [3.63, 3.8) is 0 Å². The number of rotatable bonds is 6. The molecule has 36 heavy (non-hydrogen) atoms. The molecule has 7 heteroatoms. The summed E-state index contributed by atoms with van der Waals surface area (Å²) in [5.74, 6) is 1.62. The second-order valence-electron chi connectivity index (χ2n) is 11.9. The van der Waals surface area contributed by atoms with E-state index >= 15 is 0 Å². The summed E-state index contributed by atoms with van der Waals surface area (Å²) < 4.78 is 6.72. The smallest absolute Gasteiger partial charge is 0.165 e. The van der Waals surface area contributed by atoms with Gasteiger partial charge < -0.3 is 14.9 Å². The number of hydrogen-bond donors (Lipinski definition) is 2. The van der Waals surface area contributed by atoms with E-state index in [9.17, 15) is 10.2 Å². The van der Waals surface area contributed by atoms with Crippen LogP contribution in [0.4, 0.5) is 0 Å². The number of benzene rings is 2. The van der Waals surface area contributed by atoms with E-state index in [0.29, 0.717) is 15.8 Å². The Morgan fingerprint density at radius 2 is 1.94 bits per heavy atom. The van der Waals surface area contributed by atoms with E-state index in [-0.39, 0.29) is 23.9 Å². The molecule has 2 aliphatic heterocycles. The van der Waals surface area contributed by atoms with E-state index in [4.69, 9.17) is 27.9 Å². The number of aliphatic hydroxyl groups is 1. The van der Waals surface area contributed by atoms with E-state index in [2.05, 4.69) is 22.9 Å². The highest BCUT2D eigenvalue weighted by atomic mass is 35.5. The molecule has 5 aliphatic rings. The van der Waals surface area contributed by atoms with Crippen molar-refractivity contribution in [1.29, 1.82) is 0 Å². The minimum absolute atomic E-state index is 0.114. The molecule has 0 aromatic heterocycles. The van der Waals surface area contributed by atoms with Gasteiger partial charge in [-0.05, 0) is 93.8 Å². The number of likely N-dealkylation sites (tertiary alicyclic amines) is 1. The zero-order chi connectivity index (χ0) is 24.8. The molecule has 0 unspecified atom stereocenters. The van der Waals surface area contributed by atoms with Crippen molar-refractivity contribution in [2.75, 3.05) is 26.7 Å². The third-order valence-corrected chi connectivity index (χ3v) is 10.8. The predicted octanol–water partition coefficient (Wildman–Crippen LogP) is 4.81. The molecule has 3 fully saturated rings. The molecule has 2 saturated carbocycles. The van der Waals surface area contributed by atoms with E-state index < -0.39 is 11.0 Å². The zero-order valence-corrected chi connectivity index (χ0v) is 22.2. The number of piperidine rings is 1. The summed E-state index contributed by atoms with van der Waals surface area (Å²) >= 11 is 12.4. The van der Waals surface area contributed by atoms with Gasteiger partial charge in [0.1, 0.15) is 6.10 Å². The van der Waals surface area contributed by atoms with Crippen LogP contribution < -0.4 is 4.74 Å². The van der Waals surface area contributed by atoms with Crippen molar-refractivity contribution in [2.24, 2.45) is 5.92 Å². The maximum atomic E-state index is 12.6. The highest BCUT2D eigenvalue weighted by Crippen LogP contribution is 2.66. The fraction of sp³-hybridized carbons (Fsp3) is 0.586. The number of phenols is 1. The molecule has 2 aromatic carbocycles. The Bertz CT molecular complexity index is 1220. The normalized spacial score (nSPS) is 34.5. The number of halogens is 2. The van der Waals surface area contributed by atoms with E-state index in [1.165, 1.54) is 18.4 Å². The van der Waals surface area contributed by atoms with Gasteiger partial charge in [0.25, 0.3) is 0 Å². The minimum atomic E-state index is -0.835. The van der Waals surface area contributed by atoms with Gasteiger partial charge in [-0.25, -0.2) is 0 Å². The summed E-state index contributed by atoms with van der Waals surface area (Å²) in [5, 5.41) is 24.6. The van der Waals surface area contributed by atoms with Gasteiger partial charge in [0, 0.05) is 30.7 Å². The molecule has 0 radical (unpaired) electrons. The topological polar surface area (TPSA) is 56.2 Å². The first kappa shape index (κ1) is 23.6. The molecule has 2 aromatic rings. The molecule has 1 saturated heterocycles. The summed E-state index contributed by atoms with van der Waals surface area (Å²) in [5.41, 5.74) is 2.20. The molecule has 3 aliphatic carbocycles. The van der Waals surface area contributed by atoms with Crippen molar-refractivity contribution in [2.45, 2.75) is 74.1 Å². The second-order valence-corrected chi connectivity index (χ2v) is 12.7. The Hall–Kier alpha value is -1.50. The standard InChI is InChI=1S/C29H34Cl2N2O3/c1-32(12-9-17-4-6-20(30)21(31)14-17)22-8-10-29(35)24-15-19-5-7-23(34)26-25(19)28(29,27(22)36-26)11-13-33(24)16-18-2-3-18/h4-7,14,18,22,24,27,34-35H,2-3,8-13,15-16H2,1H3/t22-,24+,27+,28+,29-/m1/s1. The fourth-order valence-electron chi connectivity index (χ4n) is 8.07. The van der Waals surface area contributed by atoms with Crippen LogP contribution in [0.1, 0.15) is 48.8 Å². The number of phenolic OH excluding ortho intramolecular Hbond substituents is 1. The Morgan fingerprint density at radius 1 is 1.11 bits per heavy atom. The molecular weight excluding hydrogens is 495 g/mol. The lowest BCUT2D eigenvalue weighted by atomic mass is 9.48. The Kier molecular flexibility index (Phi) is 5.41. The molecule has 5 atom stereocenters. The van der Waals surface area contributed by atoms with Crippen molar-refractivity contribution < 1.29 is 14.9 Å². The first-order chi connectivity index (χ1) is 17.3. The number of hydrogen-bond acceptors (Lipinski definition) is 5. The lowest BCUT2D eigenvalue weighted by Gasteiger charge is -2.64. The molecule has 2 N–H and O–H groups in total.